The fourth-order valence-electron chi connectivity index (χ4n) is 0.985. The summed E-state index contributed by atoms with van der Waals surface area (Å²) < 4.78 is 0. The van der Waals surface area contributed by atoms with Gasteiger partial charge in [0.25, 0.3) is 5.91 Å². The minimum atomic E-state index is -0.994. The highest BCUT2D eigenvalue weighted by Gasteiger charge is 2.28. The highest BCUT2D eigenvalue weighted by atomic mass is 16.3. The van der Waals surface area contributed by atoms with Crippen molar-refractivity contribution in [2.75, 3.05) is 0 Å². The number of nitrogens with one attached hydrogen (secondary N) is 1. The van der Waals surface area contributed by atoms with E-state index in [1.807, 2.05) is 0 Å². The van der Waals surface area contributed by atoms with E-state index in [2.05, 4.69) is 15.3 Å². The van der Waals surface area contributed by atoms with Crippen molar-refractivity contribution in [1.82, 2.24) is 15.3 Å². The van der Waals surface area contributed by atoms with Crippen LogP contribution in [0.1, 0.15) is 22.4 Å². The maximum Gasteiger partial charge on any atom is 0.274 e. The summed E-state index contributed by atoms with van der Waals surface area (Å²) in [6, 6.07) is 0. The van der Waals surface area contributed by atoms with Gasteiger partial charge < -0.3 is 10.4 Å². The fourth-order valence-corrected chi connectivity index (χ4v) is 0.985. The second-order valence-electron chi connectivity index (χ2n) is 2.17. The Bertz CT molecular complexity index is 312. The number of rotatable bonds is 0. The molecule has 0 fully saturated rings. The summed E-state index contributed by atoms with van der Waals surface area (Å²) in [7, 11) is 0. The summed E-state index contributed by atoms with van der Waals surface area (Å²) in [5.41, 5.74) is 0.512. The Kier molecular flexibility index (Phi) is 1.13. The van der Waals surface area contributed by atoms with Crippen LogP contribution in [0.25, 0.3) is 0 Å². The average Bonchev–Trinajstić information content (AvgIpc) is 2.30. The van der Waals surface area contributed by atoms with E-state index in [4.69, 9.17) is 5.11 Å². The quantitative estimate of drug-likeness (QED) is 0.509. The molecular weight excluding hydrogens is 146 g/mol. The molecular formula is C6H5N3O2. The number of carbonyl (C=O) groups is 1. The summed E-state index contributed by atoms with van der Waals surface area (Å²) in [5, 5.41) is 11.4. The lowest BCUT2D eigenvalue weighted by Gasteiger charge is -1.98. The molecule has 1 aromatic heterocycles. The number of carbonyl (C=O) groups excluding carboxylic acids is 1. The molecule has 5 heteroatoms. The molecule has 0 aliphatic carbocycles. The molecule has 0 saturated heterocycles. The highest BCUT2D eigenvalue weighted by molar-refractivity contribution is 5.96. The predicted molar refractivity (Wildman–Crippen MR) is 34.5 cm³/mol. The van der Waals surface area contributed by atoms with Crippen molar-refractivity contribution in [3.05, 3.63) is 23.8 Å². The van der Waals surface area contributed by atoms with Gasteiger partial charge in [-0.05, 0) is 0 Å². The maximum absolute atomic E-state index is 10.9. The molecule has 2 heterocycles. The van der Waals surface area contributed by atoms with Gasteiger partial charge in [-0.25, -0.2) is 4.98 Å². The van der Waals surface area contributed by atoms with Crippen LogP contribution in [0.3, 0.4) is 0 Å². The van der Waals surface area contributed by atoms with Crippen LogP contribution in [0.5, 0.6) is 0 Å². The summed E-state index contributed by atoms with van der Waals surface area (Å²) in [6.07, 6.45) is 1.85. The molecule has 2 N–H and O–H groups in total. The van der Waals surface area contributed by atoms with Crippen LogP contribution in [0, 0.1) is 0 Å². The molecule has 0 radical (unpaired) electrons. The standard InChI is InChI=1S/C6H5N3O2/c10-5-3-4(6(11)9-5)8-2-1-7-3/h1-2,5,10H,(H,9,11). The van der Waals surface area contributed by atoms with Gasteiger partial charge in [0.05, 0.1) is 0 Å². The van der Waals surface area contributed by atoms with Gasteiger partial charge in [0.15, 0.2) is 11.9 Å². The molecule has 1 aliphatic rings. The average molecular weight is 151 g/mol. The molecule has 1 aliphatic heterocycles. The van der Waals surface area contributed by atoms with E-state index < -0.39 is 6.23 Å². The number of hydrogen-bond acceptors (Lipinski definition) is 4. The van der Waals surface area contributed by atoms with Gasteiger partial charge in [-0.3, -0.25) is 9.78 Å². The topological polar surface area (TPSA) is 75.1 Å². The predicted octanol–water partition coefficient (Wildman–Crippen LogP) is -0.789. The molecule has 11 heavy (non-hydrogen) atoms. The third kappa shape index (κ3) is 0.779. The minimum Gasteiger partial charge on any atom is -0.368 e. The third-order valence-electron chi connectivity index (χ3n) is 1.47. The Morgan fingerprint density at radius 2 is 2.18 bits per heavy atom. The summed E-state index contributed by atoms with van der Waals surface area (Å²) >= 11 is 0. The van der Waals surface area contributed by atoms with Gasteiger partial charge in [0.1, 0.15) is 5.69 Å². The van der Waals surface area contributed by atoms with Gasteiger partial charge in [-0.2, -0.15) is 0 Å². The largest absolute Gasteiger partial charge is 0.368 e. The molecule has 1 atom stereocenters. The van der Waals surface area contributed by atoms with Crippen molar-refractivity contribution in [2.24, 2.45) is 0 Å². The normalized spacial score (nSPS) is 21.2. The molecule has 56 valence electrons. The Hall–Kier alpha value is -1.49. The molecule has 0 saturated carbocycles. The third-order valence-corrected chi connectivity index (χ3v) is 1.47. The van der Waals surface area contributed by atoms with Crippen molar-refractivity contribution in [1.29, 1.82) is 0 Å². The molecule has 1 unspecified atom stereocenters. The summed E-state index contributed by atoms with van der Waals surface area (Å²) in [5.74, 6) is -0.374. The number of aliphatic hydroxyl groups excluding tert-OH is 1. The van der Waals surface area contributed by atoms with Crippen molar-refractivity contribution in [2.45, 2.75) is 6.23 Å². The highest BCUT2D eigenvalue weighted by Crippen LogP contribution is 2.16. The first-order chi connectivity index (χ1) is 5.29. The van der Waals surface area contributed by atoms with Crippen LogP contribution in [0.2, 0.25) is 0 Å². The van der Waals surface area contributed by atoms with E-state index in [0.717, 1.165) is 0 Å². The lowest BCUT2D eigenvalue weighted by atomic mass is 10.3. The molecule has 1 aromatic rings. The zero-order chi connectivity index (χ0) is 7.84. The number of nitrogens with zero attached hydrogens (tertiary/aromatic N) is 2. The smallest absolute Gasteiger partial charge is 0.274 e. The number of aliphatic hydroxyl groups is 1. The number of hydrogen-bond donors (Lipinski definition) is 2. The van der Waals surface area contributed by atoms with Gasteiger partial charge in [-0.1, -0.05) is 0 Å². The van der Waals surface area contributed by atoms with E-state index in [9.17, 15) is 4.79 Å². The number of fused-ring (bicyclic) bond motifs is 1. The number of amides is 1. The van der Waals surface area contributed by atoms with Crippen LogP contribution >= 0.6 is 0 Å². The second kappa shape index (κ2) is 2.00. The first-order valence-corrected chi connectivity index (χ1v) is 3.09. The van der Waals surface area contributed by atoms with Crippen molar-refractivity contribution < 1.29 is 9.90 Å². The molecule has 1 amide bonds. The lowest BCUT2D eigenvalue weighted by Crippen LogP contribution is -2.18. The van der Waals surface area contributed by atoms with Crippen LogP contribution in [0.15, 0.2) is 12.4 Å². The van der Waals surface area contributed by atoms with Crippen molar-refractivity contribution in [3.8, 4) is 0 Å². The number of aromatic nitrogens is 2. The SMILES string of the molecule is O=C1NC(O)c2nccnc21. The lowest BCUT2D eigenvalue weighted by molar-refractivity contribution is 0.0844. The van der Waals surface area contributed by atoms with E-state index >= 15 is 0 Å². The molecule has 5 nitrogen and oxygen atoms in total. The van der Waals surface area contributed by atoms with Gasteiger partial charge in [-0.15, -0.1) is 0 Å². The maximum atomic E-state index is 10.9. The van der Waals surface area contributed by atoms with E-state index in [1.54, 1.807) is 0 Å². The monoisotopic (exact) mass is 151 g/mol. The van der Waals surface area contributed by atoms with E-state index in [1.165, 1.54) is 12.4 Å². The molecule has 0 aromatic carbocycles. The van der Waals surface area contributed by atoms with Gasteiger partial charge in [0.2, 0.25) is 0 Å². The zero-order valence-electron chi connectivity index (χ0n) is 5.48. The van der Waals surface area contributed by atoms with E-state index in [0.29, 0.717) is 5.69 Å². The van der Waals surface area contributed by atoms with Gasteiger partial charge in [0, 0.05) is 12.4 Å². The first kappa shape index (κ1) is 6.23. The van der Waals surface area contributed by atoms with Crippen LogP contribution in [0.4, 0.5) is 0 Å². The van der Waals surface area contributed by atoms with Crippen LogP contribution < -0.4 is 5.32 Å². The molecule has 2 rings (SSSR count). The first-order valence-electron chi connectivity index (χ1n) is 3.09. The van der Waals surface area contributed by atoms with Crippen molar-refractivity contribution in [3.63, 3.8) is 0 Å². The summed E-state index contributed by atoms with van der Waals surface area (Å²) in [4.78, 5) is 18.5. The summed E-state index contributed by atoms with van der Waals surface area (Å²) in [6.45, 7) is 0. The Morgan fingerprint density at radius 1 is 1.45 bits per heavy atom. The fraction of sp³-hybridized carbons (Fsp3) is 0.167. The second-order valence-corrected chi connectivity index (χ2v) is 2.17. The van der Waals surface area contributed by atoms with Crippen molar-refractivity contribution >= 4 is 5.91 Å². The Balaban J connectivity index is 2.60. The zero-order valence-corrected chi connectivity index (χ0v) is 5.48. The Labute approximate surface area is 62.1 Å². The van der Waals surface area contributed by atoms with Crippen LogP contribution in [-0.2, 0) is 0 Å². The van der Waals surface area contributed by atoms with Gasteiger partial charge >= 0.3 is 0 Å². The molecule has 0 spiro atoms. The van der Waals surface area contributed by atoms with Crippen LogP contribution in [-0.4, -0.2) is 21.0 Å². The molecule has 0 bridgehead atoms. The minimum absolute atomic E-state index is 0.208. The van der Waals surface area contributed by atoms with E-state index in [-0.39, 0.29) is 11.6 Å². The Morgan fingerprint density at radius 3 is 2.91 bits per heavy atom.